The van der Waals surface area contributed by atoms with Gasteiger partial charge in [0.1, 0.15) is 0 Å². The van der Waals surface area contributed by atoms with Gasteiger partial charge in [0.2, 0.25) is 7.37 Å². The third-order valence-corrected chi connectivity index (χ3v) is 4.62. The third kappa shape index (κ3) is 4.93. The Morgan fingerprint density at radius 3 is 2.50 bits per heavy atom. The lowest BCUT2D eigenvalue weighted by molar-refractivity contribution is 0.247. The van der Waals surface area contributed by atoms with Gasteiger partial charge in [0, 0.05) is 18.9 Å². The van der Waals surface area contributed by atoms with Crippen molar-refractivity contribution < 1.29 is 14.6 Å². The molecule has 3 nitrogen and oxygen atoms in total. The van der Waals surface area contributed by atoms with E-state index in [1.54, 1.807) is 6.92 Å². The highest BCUT2D eigenvalue weighted by atomic mass is 31.2. The lowest BCUT2D eigenvalue weighted by atomic mass is 10.2. The maximum atomic E-state index is 11.8. The van der Waals surface area contributed by atoms with Gasteiger partial charge >= 0.3 is 0 Å². The minimum atomic E-state index is -3.09. The summed E-state index contributed by atoms with van der Waals surface area (Å²) >= 11 is 0. The van der Waals surface area contributed by atoms with E-state index in [9.17, 15) is 9.46 Å². The zero-order valence-electron chi connectivity index (χ0n) is 9.54. The fourth-order valence-electron chi connectivity index (χ4n) is 1.58. The van der Waals surface area contributed by atoms with Gasteiger partial charge < -0.3 is 10.00 Å². The van der Waals surface area contributed by atoms with Gasteiger partial charge in [-0.1, -0.05) is 37.3 Å². The molecule has 0 bridgehead atoms. The summed E-state index contributed by atoms with van der Waals surface area (Å²) in [7, 11) is -3.09. The Morgan fingerprint density at radius 1 is 1.31 bits per heavy atom. The second-order valence-corrected chi connectivity index (χ2v) is 6.78. The summed E-state index contributed by atoms with van der Waals surface area (Å²) in [6, 6.07) is 9.68. The minimum Gasteiger partial charge on any atom is -0.396 e. The van der Waals surface area contributed by atoms with E-state index in [2.05, 4.69) is 0 Å². The summed E-state index contributed by atoms with van der Waals surface area (Å²) in [5.74, 6) is -0.105. The highest BCUT2D eigenvalue weighted by molar-refractivity contribution is 7.58. The molecule has 90 valence electrons. The first-order valence-electron chi connectivity index (χ1n) is 5.49. The van der Waals surface area contributed by atoms with Crippen molar-refractivity contribution in [1.29, 1.82) is 0 Å². The van der Waals surface area contributed by atoms with Crippen LogP contribution in [0.3, 0.4) is 0 Å². The number of hydrogen-bond donors (Lipinski definition) is 2. The molecule has 16 heavy (non-hydrogen) atoms. The molecule has 0 aliphatic heterocycles. The molecule has 1 aromatic rings. The highest BCUT2D eigenvalue weighted by Crippen LogP contribution is 2.42. The summed E-state index contributed by atoms with van der Waals surface area (Å²) in [5.41, 5.74) is 1.08. The number of benzene rings is 1. The van der Waals surface area contributed by atoms with E-state index in [0.29, 0.717) is 12.6 Å². The van der Waals surface area contributed by atoms with Gasteiger partial charge in [-0.2, -0.15) is 0 Å². The highest BCUT2D eigenvalue weighted by Gasteiger charge is 2.20. The Morgan fingerprint density at radius 2 is 1.94 bits per heavy atom. The van der Waals surface area contributed by atoms with E-state index in [1.807, 2.05) is 30.3 Å². The summed E-state index contributed by atoms with van der Waals surface area (Å²) < 4.78 is 11.8. The zero-order valence-corrected chi connectivity index (χ0v) is 10.4. The van der Waals surface area contributed by atoms with Crippen LogP contribution in [0.4, 0.5) is 0 Å². The van der Waals surface area contributed by atoms with E-state index in [1.165, 1.54) is 0 Å². The Hall–Kier alpha value is -0.630. The van der Waals surface area contributed by atoms with Crippen molar-refractivity contribution in [2.75, 3.05) is 18.9 Å². The first-order valence-corrected chi connectivity index (χ1v) is 7.52. The minimum absolute atomic E-state index is 0.0319. The molecule has 1 rings (SSSR count). The molecule has 0 saturated carbocycles. The molecular weight excluding hydrogens is 223 g/mol. The lowest BCUT2D eigenvalue weighted by Crippen LogP contribution is -2.09. The van der Waals surface area contributed by atoms with Gasteiger partial charge in [0.05, 0.1) is 0 Å². The molecule has 2 unspecified atom stereocenters. The number of aliphatic hydroxyl groups excluding tert-OH is 1. The van der Waals surface area contributed by atoms with Gasteiger partial charge in [0.25, 0.3) is 0 Å². The van der Waals surface area contributed by atoms with Crippen LogP contribution in [0.25, 0.3) is 0 Å². The zero-order chi connectivity index (χ0) is 12.0. The maximum absolute atomic E-state index is 11.8. The predicted octanol–water partition coefficient (Wildman–Crippen LogP) is 2.13. The average Bonchev–Trinajstić information content (AvgIpc) is 2.27. The normalized spacial score (nSPS) is 16.7. The molecule has 0 amide bonds. The molecule has 4 heteroatoms. The topological polar surface area (TPSA) is 57.5 Å². The molecule has 0 fully saturated rings. The van der Waals surface area contributed by atoms with Crippen LogP contribution in [0.15, 0.2) is 30.3 Å². The molecule has 0 radical (unpaired) electrons. The predicted molar refractivity (Wildman–Crippen MR) is 66.0 cm³/mol. The smallest absolute Gasteiger partial charge is 0.201 e. The third-order valence-electron chi connectivity index (χ3n) is 2.50. The van der Waals surface area contributed by atoms with Gasteiger partial charge in [-0.15, -0.1) is 0 Å². The molecule has 0 aromatic heterocycles. The Balaban J connectivity index is 2.45. The van der Waals surface area contributed by atoms with E-state index in [0.717, 1.165) is 5.56 Å². The SMILES string of the molecule is CC(CO)CP(=O)(O)CCc1ccccc1. The van der Waals surface area contributed by atoms with E-state index < -0.39 is 7.37 Å². The van der Waals surface area contributed by atoms with Crippen molar-refractivity contribution in [3.63, 3.8) is 0 Å². The first kappa shape index (κ1) is 13.4. The number of hydrogen-bond acceptors (Lipinski definition) is 2. The number of aryl methyl sites for hydroxylation is 1. The van der Waals surface area contributed by atoms with E-state index in [4.69, 9.17) is 5.11 Å². The number of rotatable bonds is 6. The summed E-state index contributed by atoms with van der Waals surface area (Å²) in [4.78, 5) is 9.72. The van der Waals surface area contributed by atoms with E-state index >= 15 is 0 Å². The molecule has 0 aliphatic rings. The summed E-state index contributed by atoms with van der Waals surface area (Å²) in [6.07, 6.45) is 1.12. The van der Waals surface area contributed by atoms with Crippen LogP contribution in [0.1, 0.15) is 12.5 Å². The van der Waals surface area contributed by atoms with Crippen LogP contribution in [0.2, 0.25) is 0 Å². The quantitative estimate of drug-likeness (QED) is 0.751. The van der Waals surface area contributed by atoms with Crippen molar-refractivity contribution in [1.82, 2.24) is 0 Å². The number of aliphatic hydroxyl groups is 1. The van der Waals surface area contributed by atoms with Crippen LogP contribution < -0.4 is 0 Å². The maximum Gasteiger partial charge on any atom is 0.201 e. The Labute approximate surface area is 96.6 Å². The molecular formula is C12H19O3P. The lowest BCUT2D eigenvalue weighted by Gasteiger charge is -2.15. The molecule has 0 heterocycles. The molecule has 1 aromatic carbocycles. The average molecular weight is 242 g/mol. The van der Waals surface area contributed by atoms with Gasteiger partial charge in [0.15, 0.2) is 0 Å². The molecule has 2 atom stereocenters. The standard InChI is InChI=1S/C12H19O3P/c1-11(9-13)10-16(14,15)8-7-12-5-3-2-4-6-12/h2-6,11,13H,7-10H2,1H3,(H,14,15). The van der Waals surface area contributed by atoms with Gasteiger partial charge in [-0.25, -0.2) is 0 Å². The summed E-state index contributed by atoms with van der Waals surface area (Å²) in [5, 5.41) is 8.85. The van der Waals surface area contributed by atoms with Crippen LogP contribution in [-0.2, 0) is 11.0 Å². The fourth-order valence-corrected chi connectivity index (χ4v) is 3.46. The summed E-state index contributed by atoms with van der Waals surface area (Å²) in [6.45, 7) is 1.75. The Kier molecular flexibility index (Phi) is 5.20. The van der Waals surface area contributed by atoms with Crippen molar-refractivity contribution in [2.45, 2.75) is 13.3 Å². The fraction of sp³-hybridized carbons (Fsp3) is 0.500. The van der Waals surface area contributed by atoms with Crippen molar-refractivity contribution in [3.05, 3.63) is 35.9 Å². The van der Waals surface area contributed by atoms with Crippen molar-refractivity contribution in [2.24, 2.45) is 5.92 Å². The van der Waals surface area contributed by atoms with Gasteiger partial charge in [-0.05, 0) is 17.9 Å². The second-order valence-electron chi connectivity index (χ2n) is 4.28. The monoisotopic (exact) mass is 242 g/mol. The van der Waals surface area contributed by atoms with Crippen molar-refractivity contribution >= 4 is 7.37 Å². The second kappa shape index (κ2) is 6.19. The molecule has 2 N–H and O–H groups in total. The van der Waals surface area contributed by atoms with Crippen LogP contribution in [0.5, 0.6) is 0 Å². The molecule has 0 saturated heterocycles. The molecule has 0 spiro atoms. The Bertz CT molecular complexity index is 351. The van der Waals surface area contributed by atoms with Gasteiger partial charge in [-0.3, -0.25) is 4.57 Å². The van der Waals surface area contributed by atoms with Crippen LogP contribution in [-0.4, -0.2) is 28.9 Å². The largest absolute Gasteiger partial charge is 0.396 e. The van der Waals surface area contributed by atoms with Crippen LogP contribution in [0, 0.1) is 5.92 Å². The van der Waals surface area contributed by atoms with Crippen LogP contribution >= 0.6 is 7.37 Å². The van der Waals surface area contributed by atoms with Crippen molar-refractivity contribution in [3.8, 4) is 0 Å². The van der Waals surface area contributed by atoms with E-state index in [-0.39, 0.29) is 18.7 Å². The first-order chi connectivity index (χ1) is 7.53. The molecule has 0 aliphatic carbocycles.